The van der Waals surface area contributed by atoms with Crippen LogP contribution in [0.3, 0.4) is 0 Å². The number of amides is 2. The molecular formula is C26H28N4O. The summed E-state index contributed by atoms with van der Waals surface area (Å²) in [6.45, 7) is 5.21. The summed E-state index contributed by atoms with van der Waals surface area (Å²) in [4.78, 5) is 19.4. The van der Waals surface area contributed by atoms with Crippen LogP contribution in [0.15, 0.2) is 66.7 Å². The van der Waals surface area contributed by atoms with Gasteiger partial charge in [0.25, 0.3) is 0 Å². The lowest BCUT2D eigenvalue weighted by Gasteiger charge is -2.32. The first-order valence-corrected chi connectivity index (χ1v) is 11.1. The number of likely N-dealkylation sites (tertiary alicyclic amines) is 1. The second kappa shape index (κ2) is 8.42. The number of urea groups is 1. The molecule has 0 radical (unpaired) electrons. The zero-order chi connectivity index (χ0) is 21.2. The summed E-state index contributed by atoms with van der Waals surface area (Å²) in [5.41, 5.74) is 3.42. The number of fused-ring (bicyclic) bond motifs is 2. The van der Waals surface area contributed by atoms with Gasteiger partial charge in [-0.2, -0.15) is 0 Å². The normalized spacial score (nSPS) is 14.9. The van der Waals surface area contributed by atoms with E-state index in [0.29, 0.717) is 12.5 Å². The fourth-order valence-electron chi connectivity index (χ4n) is 4.73. The number of aromatic nitrogens is 2. The van der Waals surface area contributed by atoms with Crippen molar-refractivity contribution in [1.82, 2.24) is 19.8 Å². The molecule has 31 heavy (non-hydrogen) atoms. The van der Waals surface area contributed by atoms with E-state index in [1.807, 2.05) is 23.1 Å². The van der Waals surface area contributed by atoms with Crippen LogP contribution in [0.2, 0.25) is 0 Å². The van der Waals surface area contributed by atoms with Crippen LogP contribution in [0.4, 0.5) is 4.79 Å². The maximum atomic E-state index is 12.8. The number of imidazole rings is 1. The van der Waals surface area contributed by atoms with Crippen molar-refractivity contribution in [3.8, 4) is 0 Å². The molecule has 0 aliphatic carbocycles. The number of para-hydroxylation sites is 2. The third-order valence-electron chi connectivity index (χ3n) is 6.50. The lowest BCUT2D eigenvalue weighted by molar-refractivity contribution is 0.165. The average Bonchev–Trinajstić information content (AvgIpc) is 3.13. The molecule has 2 heterocycles. The highest BCUT2D eigenvalue weighted by Crippen LogP contribution is 2.24. The summed E-state index contributed by atoms with van der Waals surface area (Å²) in [5, 5.41) is 5.53. The molecule has 3 aromatic carbocycles. The van der Waals surface area contributed by atoms with Gasteiger partial charge in [0.2, 0.25) is 0 Å². The lowest BCUT2D eigenvalue weighted by Crippen LogP contribution is -2.44. The van der Waals surface area contributed by atoms with Gasteiger partial charge >= 0.3 is 6.03 Å². The van der Waals surface area contributed by atoms with Crippen molar-refractivity contribution in [1.29, 1.82) is 0 Å². The fourth-order valence-corrected chi connectivity index (χ4v) is 4.73. The van der Waals surface area contributed by atoms with Gasteiger partial charge in [0.15, 0.2) is 0 Å². The molecule has 2 amide bonds. The van der Waals surface area contributed by atoms with Gasteiger partial charge in [0.1, 0.15) is 5.82 Å². The van der Waals surface area contributed by atoms with Gasteiger partial charge < -0.3 is 14.8 Å². The Morgan fingerprint density at radius 2 is 1.74 bits per heavy atom. The molecule has 0 atom stereocenters. The first-order valence-electron chi connectivity index (χ1n) is 11.1. The van der Waals surface area contributed by atoms with Gasteiger partial charge in [-0.3, -0.25) is 0 Å². The second-order valence-electron chi connectivity index (χ2n) is 8.49. The largest absolute Gasteiger partial charge is 0.334 e. The van der Waals surface area contributed by atoms with Crippen molar-refractivity contribution in [3.05, 3.63) is 78.1 Å². The third kappa shape index (κ3) is 4.00. The molecule has 0 unspecified atom stereocenters. The zero-order valence-electron chi connectivity index (χ0n) is 17.9. The maximum absolute atomic E-state index is 12.8. The Morgan fingerprint density at radius 3 is 2.61 bits per heavy atom. The molecule has 1 fully saturated rings. The molecule has 5 heteroatoms. The molecule has 0 saturated carbocycles. The first kappa shape index (κ1) is 19.6. The molecule has 1 saturated heterocycles. The number of nitrogens with zero attached hydrogens (tertiary/aromatic N) is 3. The minimum Gasteiger partial charge on any atom is -0.334 e. The second-order valence-corrected chi connectivity index (χ2v) is 8.49. The number of carbonyl (C=O) groups is 1. The number of hydrogen-bond donors (Lipinski definition) is 1. The zero-order valence-corrected chi connectivity index (χ0v) is 17.9. The predicted molar refractivity (Wildman–Crippen MR) is 125 cm³/mol. The molecule has 0 bridgehead atoms. The van der Waals surface area contributed by atoms with Crippen molar-refractivity contribution in [2.75, 3.05) is 13.1 Å². The Bertz CT molecular complexity index is 1220. The van der Waals surface area contributed by atoms with Gasteiger partial charge in [-0.1, -0.05) is 54.6 Å². The van der Waals surface area contributed by atoms with Crippen molar-refractivity contribution in [2.45, 2.75) is 32.9 Å². The summed E-state index contributed by atoms with van der Waals surface area (Å²) in [6.07, 6.45) is 2.04. The Hall–Kier alpha value is -3.34. The highest BCUT2D eigenvalue weighted by molar-refractivity contribution is 5.86. The summed E-state index contributed by atoms with van der Waals surface area (Å²) in [7, 11) is 0. The van der Waals surface area contributed by atoms with Crippen LogP contribution in [-0.4, -0.2) is 33.6 Å². The highest BCUT2D eigenvalue weighted by atomic mass is 16.2. The number of benzene rings is 3. The van der Waals surface area contributed by atoms with E-state index in [0.717, 1.165) is 49.4 Å². The van der Waals surface area contributed by atoms with Gasteiger partial charge in [-0.15, -0.1) is 0 Å². The lowest BCUT2D eigenvalue weighted by atomic mass is 9.96. The van der Waals surface area contributed by atoms with Gasteiger partial charge in [0, 0.05) is 26.2 Å². The fraction of sp³-hybridized carbons (Fsp3) is 0.308. The van der Waals surface area contributed by atoms with Crippen LogP contribution < -0.4 is 5.32 Å². The summed E-state index contributed by atoms with van der Waals surface area (Å²) in [6, 6.07) is 22.9. The quantitative estimate of drug-likeness (QED) is 0.506. The van der Waals surface area contributed by atoms with Crippen LogP contribution in [0.1, 0.15) is 24.2 Å². The third-order valence-corrected chi connectivity index (χ3v) is 6.50. The molecule has 1 aliphatic rings. The van der Waals surface area contributed by atoms with Crippen molar-refractivity contribution >= 4 is 27.8 Å². The topological polar surface area (TPSA) is 50.2 Å². The number of rotatable bonds is 4. The van der Waals surface area contributed by atoms with E-state index in [9.17, 15) is 4.79 Å². The Balaban J connectivity index is 1.17. The van der Waals surface area contributed by atoms with Crippen molar-refractivity contribution < 1.29 is 4.79 Å². The number of hydrogen-bond acceptors (Lipinski definition) is 2. The molecule has 1 N–H and O–H groups in total. The van der Waals surface area contributed by atoms with E-state index in [4.69, 9.17) is 0 Å². The van der Waals surface area contributed by atoms with Crippen LogP contribution in [0, 0.1) is 12.8 Å². The van der Waals surface area contributed by atoms with Crippen LogP contribution in [0.5, 0.6) is 0 Å². The summed E-state index contributed by atoms with van der Waals surface area (Å²) < 4.78 is 2.33. The number of piperidine rings is 1. The predicted octanol–water partition coefficient (Wildman–Crippen LogP) is 5.12. The Labute approximate surface area is 182 Å². The Morgan fingerprint density at radius 1 is 1.00 bits per heavy atom. The van der Waals surface area contributed by atoms with E-state index in [1.54, 1.807) is 0 Å². The number of aryl methyl sites for hydroxylation is 1. The van der Waals surface area contributed by atoms with Gasteiger partial charge in [0.05, 0.1) is 11.0 Å². The minimum atomic E-state index is 0.0376. The molecule has 5 rings (SSSR count). The number of nitrogens with one attached hydrogen (secondary N) is 1. The van der Waals surface area contributed by atoms with E-state index < -0.39 is 0 Å². The van der Waals surface area contributed by atoms with E-state index in [1.165, 1.54) is 16.3 Å². The monoisotopic (exact) mass is 412 g/mol. The SMILES string of the molecule is Cc1nc2ccccc2n1CC1CCN(C(=O)NCc2cccc3ccccc23)CC1. The van der Waals surface area contributed by atoms with Crippen molar-refractivity contribution in [2.24, 2.45) is 5.92 Å². The molecule has 5 nitrogen and oxygen atoms in total. The smallest absolute Gasteiger partial charge is 0.317 e. The van der Waals surface area contributed by atoms with Gasteiger partial charge in [-0.05, 0) is 54.2 Å². The highest BCUT2D eigenvalue weighted by Gasteiger charge is 2.24. The molecular weight excluding hydrogens is 384 g/mol. The van der Waals surface area contributed by atoms with Crippen molar-refractivity contribution in [3.63, 3.8) is 0 Å². The van der Waals surface area contributed by atoms with E-state index >= 15 is 0 Å². The summed E-state index contributed by atoms with van der Waals surface area (Å²) >= 11 is 0. The molecule has 1 aromatic heterocycles. The molecule has 1 aliphatic heterocycles. The van der Waals surface area contributed by atoms with Crippen LogP contribution in [-0.2, 0) is 13.1 Å². The van der Waals surface area contributed by atoms with Gasteiger partial charge in [-0.25, -0.2) is 9.78 Å². The Kier molecular flexibility index (Phi) is 5.33. The molecule has 4 aromatic rings. The first-order chi connectivity index (χ1) is 15.2. The van der Waals surface area contributed by atoms with E-state index in [-0.39, 0.29) is 6.03 Å². The average molecular weight is 413 g/mol. The standard InChI is InChI=1S/C26H28N4O/c1-19-28-24-11-4-5-12-25(24)30(19)18-20-13-15-29(16-14-20)26(31)27-17-22-9-6-8-21-7-2-3-10-23(21)22/h2-12,20H,13-18H2,1H3,(H,27,31). The van der Waals surface area contributed by atoms with Crippen LogP contribution in [0.25, 0.3) is 21.8 Å². The summed E-state index contributed by atoms with van der Waals surface area (Å²) in [5.74, 6) is 1.63. The minimum absolute atomic E-state index is 0.0376. The van der Waals surface area contributed by atoms with Crippen LogP contribution >= 0.6 is 0 Å². The maximum Gasteiger partial charge on any atom is 0.317 e. The number of carbonyl (C=O) groups excluding carboxylic acids is 1. The van der Waals surface area contributed by atoms with E-state index in [2.05, 4.69) is 70.3 Å². The molecule has 0 spiro atoms. The molecule has 158 valence electrons.